The minimum atomic E-state index is -0.674. The molecule has 26 heavy (non-hydrogen) atoms. The minimum Gasteiger partial charge on any atom is -0.351 e. The number of amides is 2. The normalized spacial score (nSPS) is 16.1. The first-order chi connectivity index (χ1) is 12.6. The van der Waals surface area contributed by atoms with Crippen molar-refractivity contribution in [2.45, 2.75) is 64.0 Å². The van der Waals surface area contributed by atoms with Crippen molar-refractivity contribution in [1.29, 1.82) is 0 Å². The van der Waals surface area contributed by atoms with E-state index in [1.165, 1.54) is 6.42 Å². The second-order valence-corrected chi connectivity index (χ2v) is 7.58. The summed E-state index contributed by atoms with van der Waals surface area (Å²) < 4.78 is 0. The Morgan fingerprint density at radius 3 is 2.42 bits per heavy atom. The summed E-state index contributed by atoms with van der Waals surface area (Å²) in [5, 5.41) is 3.76. The molecule has 1 aliphatic rings. The van der Waals surface area contributed by atoms with E-state index in [-0.39, 0.29) is 23.7 Å². The van der Waals surface area contributed by atoms with E-state index in [0.717, 1.165) is 44.1 Å². The van der Waals surface area contributed by atoms with Gasteiger partial charge in [0.15, 0.2) is 0 Å². The Labute approximate surface area is 166 Å². The van der Waals surface area contributed by atoms with Gasteiger partial charge in [-0.1, -0.05) is 56.3 Å². The van der Waals surface area contributed by atoms with Crippen LogP contribution in [0.2, 0.25) is 5.02 Å². The van der Waals surface area contributed by atoms with Crippen LogP contribution in [-0.4, -0.2) is 35.2 Å². The van der Waals surface area contributed by atoms with Crippen molar-refractivity contribution in [1.82, 2.24) is 10.2 Å². The number of carbonyl (C=O) groups excluding carboxylic acids is 2. The third-order valence-corrected chi connectivity index (χ3v) is 5.37. The molecular weight excluding hydrogens is 371 g/mol. The Balaban J connectivity index is 2.27. The van der Waals surface area contributed by atoms with Crippen LogP contribution in [0.3, 0.4) is 0 Å². The van der Waals surface area contributed by atoms with Crippen molar-refractivity contribution in [3.05, 3.63) is 34.9 Å². The van der Waals surface area contributed by atoms with Gasteiger partial charge in [0.25, 0.3) is 0 Å². The topological polar surface area (TPSA) is 49.4 Å². The molecular formula is C20H28Cl2N2O2. The molecule has 0 bridgehead atoms. The van der Waals surface area contributed by atoms with Gasteiger partial charge >= 0.3 is 0 Å². The van der Waals surface area contributed by atoms with Gasteiger partial charge in [0, 0.05) is 17.6 Å². The van der Waals surface area contributed by atoms with Crippen LogP contribution >= 0.6 is 23.2 Å². The molecule has 144 valence electrons. The van der Waals surface area contributed by atoms with Crippen molar-refractivity contribution in [3.8, 4) is 0 Å². The zero-order valence-electron chi connectivity index (χ0n) is 15.3. The monoisotopic (exact) mass is 398 g/mol. The van der Waals surface area contributed by atoms with Gasteiger partial charge in [0.05, 0.1) is 0 Å². The van der Waals surface area contributed by atoms with Crippen molar-refractivity contribution >= 4 is 35.0 Å². The lowest BCUT2D eigenvalue weighted by atomic mass is 9.94. The van der Waals surface area contributed by atoms with Gasteiger partial charge in [-0.3, -0.25) is 9.59 Å². The Morgan fingerprint density at radius 1 is 1.19 bits per heavy atom. The molecule has 1 saturated carbocycles. The highest BCUT2D eigenvalue weighted by molar-refractivity contribution is 6.30. The van der Waals surface area contributed by atoms with E-state index < -0.39 is 6.04 Å². The number of hydrogen-bond acceptors (Lipinski definition) is 2. The van der Waals surface area contributed by atoms with Crippen LogP contribution in [0.4, 0.5) is 0 Å². The number of rotatable bonds is 8. The first kappa shape index (κ1) is 21.0. The predicted octanol–water partition coefficient (Wildman–Crippen LogP) is 4.70. The third-order valence-electron chi connectivity index (χ3n) is 4.88. The zero-order chi connectivity index (χ0) is 18.9. The van der Waals surface area contributed by atoms with E-state index in [2.05, 4.69) is 12.2 Å². The smallest absolute Gasteiger partial charge is 0.247 e. The Kier molecular flexibility index (Phi) is 8.73. The summed E-state index contributed by atoms with van der Waals surface area (Å²) in [6.07, 6.45) is 7.25. The molecule has 0 radical (unpaired) electrons. The maximum Gasteiger partial charge on any atom is 0.247 e. The molecule has 2 amide bonds. The van der Waals surface area contributed by atoms with E-state index in [0.29, 0.717) is 11.6 Å². The molecule has 4 nitrogen and oxygen atoms in total. The highest BCUT2D eigenvalue weighted by Gasteiger charge is 2.32. The lowest BCUT2D eigenvalue weighted by Gasteiger charge is -2.33. The summed E-state index contributed by atoms with van der Waals surface area (Å²) in [4.78, 5) is 27.2. The summed E-state index contributed by atoms with van der Waals surface area (Å²) >= 11 is 11.8. The van der Waals surface area contributed by atoms with Crippen molar-refractivity contribution in [2.24, 2.45) is 0 Å². The maximum absolute atomic E-state index is 13.1. The van der Waals surface area contributed by atoms with E-state index >= 15 is 0 Å². The summed E-state index contributed by atoms with van der Waals surface area (Å²) in [6, 6.07) is 6.64. The summed E-state index contributed by atoms with van der Waals surface area (Å²) in [7, 11) is 0. The summed E-state index contributed by atoms with van der Waals surface area (Å²) in [6.45, 7) is 2.57. The lowest BCUT2D eigenvalue weighted by molar-refractivity contribution is -0.139. The van der Waals surface area contributed by atoms with Crippen LogP contribution in [0.15, 0.2) is 24.3 Å². The lowest BCUT2D eigenvalue weighted by Crippen LogP contribution is -2.47. The van der Waals surface area contributed by atoms with E-state index in [1.807, 2.05) is 12.1 Å². The maximum atomic E-state index is 13.1. The second kappa shape index (κ2) is 10.8. The number of hydrogen-bond donors (Lipinski definition) is 1. The number of benzene rings is 1. The SMILES string of the molecule is CCCCN(C(=O)CCl)[C@H](C(=O)NC1CCCCC1)c1ccc(Cl)cc1. The van der Waals surface area contributed by atoms with Crippen LogP contribution in [0.25, 0.3) is 0 Å². The Bertz CT molecular complexity index is 586. The van der Waals surface area contributed by atoms with Crippen LogP contribution in [0, 0.1) is 0 Å². The van der Waals surface area contributed by atoms with Crippen molar-refractivity contribution in [2.75, 3.05) is 12.4 Å². The first-order valence-electron chi connectivity index (χ1n) is 9.48. The van der Waals surface area contributed by atoms with Crippen LogP contribution < -0.4 is 5.32 Å². The fourth-order valence-corrected chi connectivity index (χ4v) is 3.73. The van der Waals surface area contributed by atoms with E-state index in [9.17, 15) is 9.59 Å². The Hall–Kier alpha value is -1.26. The molecule has 6 heteroatoms. The highest BCUT2D eigenvalue weighted by atomic mass is 35.5. The van der Waals surface area contributed by atoms with Gasteiger partial charge in [-0.25, -0.2) is 0 Å². The number of alkyl halides is 1. The molecule has 2 rings (SSSR count). The van der Waals surface area contributed by atoms with Gasteiger partial charge < -0.3 is 10.2 Å². The molecule has 1 aromatic rings. The molecule has 0 saturated heterocycles. The fourth-order valence-electron chi connectivity index (χ4n) is 3.45. The number of halogens is 2. The van der Waals surface area contributed by atoms with Crippen molar-refractivity contribution in [3.63, 3.8) is 0 Å². The number of nitrogens with one attached hydrogen (secondary N) is 1. The second-order valence-electron chi connectivity index (χ2n) is 6.87. The van der Waals surface area contributed by atoms with Crippen LogP contribution in [0.5, 0.6) is 0 Å². The van der Waals surface area contributed by atoms with Crippen LogP contribution in [0.1, 0.15) is 63.5 Å². The zero-order valence-corrected chi connectivity index (χ0v) is 16.9. The number of nitrogens with zero attached hydrogens (tertiary/aromatic N) is 1. The molecule has 1 aliphatic carbocycles. The van der Waals surface area contributed by atoms with Gasteiger partial charge in [0.2, 0.25) is 11.8 Å². The molecule has 1 N–H and O–H groups in total. The van der Waals surface area contributed by atoms with E-state index in [1.54, 1.807) is 17.0 Å². The molecule has 0 unspecified atom stereocenters. The predicted molar refractivity (Wildman–Crippen MR) is 107 cm³/mol. The molecule has 1 atom stereocenters. The summed E-state index contributed by atoms with van der Waals surface area (Å²) in [5.41, 5.74) is 0.761. The first-order valence-corrected chi connectivity index (χ1v) is 10.4. The van der Waals surface area contributed by atoms with Gasteiger partial charge in [0.1, 0.15) is 11.9 Å². The molecule has 0 aromatic heterocycles. The molecule has 0 heterocycles. The van der Waals surface area contributed by atoms with Crippen LogP contribution in [-0.2, 0) is 9.59 Å². The fraction of sp³-hybridized carbons (Fsp3) is 0.600. The quantitative estimate of drug-likeness (QED) is 0.645. The molecule has 1 fully saturated rings. The minimum absolute atomic E-state index is 0.131. The van der Waals surface area contributed by atoms with Gasteiger partial charge in [-0.05, 0) is 37.0 Å². The average molecular weight is 399 g/mol. The molecule has 0 spiro atoms. The van der Waals surface area contributed by atoms with E-state index in [4.69, 9.17) is 23.2 Å². The third kappa shape index (κ3) is 5.88. The average Bonchev–Trinajstić information content (AvgIpc) is 2.66. The molecule has 1 aromatic carbocycles. The standard InChI is InChI=1S/C20H28Cl2N2O2/c1-2-3-13-24(18(25)14-21)19(15-9-11-16(22)12-10-15)20(26)23-17-7-5-4-6-8-17/h9-12,17,19H,2-8,13-14H2,1H3,(H,23,26)/t19-/m0/s1. The largest absolute Gasteiger partial charge is 0.351 e. The van der Waals surface area contributed by atoms with Crippen molar-refractivity contribution < 1.29 is 9.59 Å². The highest BCUT2D eigenvalue weighted by Crippen LogP contribution is 2.26. The number of unbranched alkanes of at least 4 members (excludes halogenated alkanes) is 1. The molecule has 0 aliphatic heterocycles. The summed E-state index contributed by atoms with van der Waals surface area (Å²) in [5.74, 6) is -0.488. The van der Waals surface area contributed by atoms with Gasteiger partial charge in [-0.2, -0.15) is 0 Å². The Morgan fingerprint density at radius 2 is 1.85 bits per heavy atom. The number of carbonyl (C=O) groups is 2. The van der Waals surface area contributed by atoms with Gasteiger partial charge in [-0.15, -0.1) is 11.6 Å².